The van der Waals surface area contributed by atoms with Crippen LogP contribution in [0.3, 0.4) is 0 Å². The Morgan fingerprint density at radius 1 is 1.08 bits per heavy atom. The molecule has 0 aromatic heterocycles. The number of fused-ring (bicyclic) bond motifs is 3. The number of hydrogen-bond donors (Lipinski definition) is 0. The van der Waals surface area contributed by atoms with E-state index >= 15 is 0 Å². The Kier molecular flexibility index (Phi) is 4.31. The highest BCUT2D eigenvalue weighted by Gasteiger charge is 2.38. The third kappa shape index (κ3) is 2.95. The molecule has 4 nitrogen and oxygen atoms in total. The molecule has 24 heavy (non-hydrogen) atoms. The molecule has 0 aliphatic carbocycles. The first-order chi connectivity index (χ1) is 11.6. The topological polar surface area (TPSA) is 26.8 Å². The first-order valence-electron chi connectivity index (χ1n) is 9.13. The van der Waals surface area contributed by atoms with Gasteiger partial charge in [0.15, 0.2) is 0 Å². The highest BCUT2D eigenvalue weighted by atomic mass is 19.1. The molecule has 0 radical (unpaired) electrons. The van der Waals surface area contributed by atoms with Gasteiger partial charge in [0, 0.05) is 38.8 Å². The summed E-state index contributed by atoms with van der Waals surface area (Å²) in [7, 11) is 0. The maximum atomic E-state index is 14.1. The molecule has 0 unspecified atom stereocenters. The van der Waals surface area contributed by atoms with Crippen molar-refractivity contribution in [3.05, 3.63) is 35.1 Å². The number of piperidine rings is 3. The minimum Gasteiger partial charge on any atom is -0.336 e. The number of halogens is 1. The van der Waals surface area contributed by atoms with Crippen molar-refractivity contribution in [3.63, 3.8) is 0 Å². The molecule has 0 saturated carbocycles. The van der Waals surface area contributed by atoms with Gasteiger partial charge in [0.05, 0.1) is 5.56 Å². The SMILES string of the molecule is Cc1ccc(C(=O)N2CCN([C@H]3CN4CCC3CC4)CC2)c(F)c1. The number of benzene rings is 1. The van der Waals surface area contributed by atoms with Gasteiger partial charge in [-0.1, -0.05) is 6.07 Å². The van der Waals surface area contributed by atoms with Crippen LogP contribution in [-0.2, 0) is 0 Å². The highest BCUT2D eigenvalue weighted by Crippen LogP contribution is 2.31. The third-order valence-corrected chi connectivity index (χ3v) is 6.05. The molecule has 2 bridgehead atoms. The first-order valence-corrected chi connectivity index (χ1v) is 9.13. The van der Waals surface area contributed by atoms with Crippen molar-refractivity contribution in [2.45, 2.75) is 25.8 Å². The molecule has 4 fully saturated rings. The van der Waals surface area contributed by atoms with Crippen molar-refractivity contribution in [3.8, 4) is 0 Å². The highest BCUT2D eigenvalue weighted by molar-refractivity contribution is 5.94. The lowest BCUT2D eigenvalue weighted by molar-refractivity contribution is -0.0131. The van der Waals surface area contributed by atoms with E-state index in [0.29, 0.717) is 19.1 Å². The van der Waals surface area contributed by atoms with Crippen LogP contribution in [0.15, 0.2) is 18.2 Å². The Morgan fingerprint density at radius 2 is 1.79 bits per heavy atom. The van der Waals surface area contributed by atoms with Crippen molar-refractivity contribution < 1.29 is 9.18 Å². The van der Waals surface area contributed by atoms with Gasteiger partial charge >= 0.3 is 0 Å². The molecular weight excluding hydrogens is 305 g/mol. The molecule has 130 valence electrons. The van der Waals surface area contributed by atoms with E-state index in [9.17, 15) is 9.18 Å². The molecule has 0 spiro atoms. The van der Waals surface area contributed by atoms with Crippen LogP contribution in [0.2, 0.25) is 0 Å². The number of piperazine rings is 1. The minimum atomic E-state index is -0.403. The zero-order chi connectivity index (χ0) is 16.7. The summed E-state index contributed by atoms with van der Waals surface area (Å²) in [5.41, 5.74) is 1.05. The number of amides is 1. The summed E-state index contributed by atoms with van der Waals surface area (Å²) in [4.78, 5) is 19.5. The van der Waals surface area contributed by atoms with Gasteiger partial charge < -0.3 is 9.80 Å². The van der Waals surface area contributed by atoms with Crippen LogP contribution in [0, 0.1) is 18.7 Å². The van der Waals surface area contributed by atoms with Gasteiger partial charge in [0.1, 0.15) is 5.82 Å². The zero-order valence-corrected chi connectivity index (χ0v) is 14.4. The lowest BCUT2D eigenvalue weighted by Crippen LogP contribution is -2.61. The zero-order valence-electron chi connectivity index (χ0n) is 14.4. The molecule has 4 aliphatic heterocycles. The van der Waals surface area contributed by atoms with Crippen molar-refractivity contribution in [1.29, 1.82) is 0 Å². The smallest absolute Gasteiger partial charge is 0.256 e. The van der Waals surface area contributed by atoms with E-state index < -0.39 is 5.82 Å². The van der Waals surface area contributed by atoms with Crippen LogP contribution >= 0.6 is 0 Å². The van der Waals surface area contributed by atoms with E-state index in [-0.39, 0.29) is 11.5 Å². The first kappa shape index (κ1) is 16.0. The van der Waals surface area contributed by atoms with Crippen LogP contribution in [0.4, 0.5) is 4.39 Å². The van der Waals surface area contributed by atoms with E-state index in [2.05, 4.69) is 9.80 Å². The van der Waals surface area contributed by atoms with E-state index in [1.807, 2.05) is 11.8 Å². The fraction of sp³-hybridized carbons (Fsp3) is 0.632. The summed E-state index contributed by atoms with van der Waals surface area (Å²) in [5, 5.41) is 0. The predicted molar refractivity (Wildman–Crippen MR) is 91.6 cm³/mol. The second-order valence-electron chi connectivity index (χ2n) is 7.52. The number of hydrogen-bond acceptors (Lipinski definition) is 3. The van der Waals surface area contributed by atoms with E-state index in [1.54, 1.807) is 12.1 Å². The fourth-order valence-corrected chi connectivity index (χ4v) is 4.57. The third-order valence-electron chi connectivity index (χ3n) is 6.05. The molecule has 4 heterocycles. The van der Waals surface area contributed by atoms with Gasteiger partial charge in [-0.2, -0.15) is 0 Å². The predicted octanol–water partition coefficient (Wildman–Crippen LogP) is 1.99. The van der Waals surface area contributed by atoms with Gasteiger partial charge in [-0.05, 0) is 56.5 Å². The quantitative estimate of drug-likeness (QED) is 0.829. The fourth-order valence-electron chi connectivity index (χ4n) is 4.57. The molecule has 5 rings (SSSR count). The van der Waals surface area contributed by atoms with Gasteiger partial charge in [0.25, 0.3) is 5.91 Å². The summed E-state index contributed by atoms with van der Waals surface area (Å²) in [6.07, 6.45) is 2.64. The Labute approximate surface area is 143 Å². The summed E-state index contributed by atoms with van der Waals surface area (Å²) < 4.78 is 14.1. The lowest BCUT2D eigenvalue weighted by atomic mass is 9.83. The van der Waals surface area contributed by atoms with Crippen molar-refractivity contribution >= 4 is 5.91 Å². The van der Waals surface area contributed by atoms with Gasteiger partial charge in [-0.15, -0.1) is 0 Å². The number of carbonyl (C=O) groups is 1. The summed E-state index contributed by atoms with van der Waals surface area (Å²) >= 11 is 0. The number of nitrogens with zero attached hydrogens (tertiary/aromatic N) is 3. The second kappa shape index (κ2) is 6.45. The van der Waals surface area contributed by atoms with Crippen molar-refractivity contribution in [2.75, 3.05) is 45.8 Å². The maximum Gasteiger partial charge on any atom is 0.256 e. The molecular formula is C19H26FN3O. The Morgan fingerprint density at radius 3 is 2.38 bits per heavy atom. The van der Waals surface area contributed by atoms with E-state index in [0.717, 1.165) is 24.6 Å². The Bertz CT molecular complexity index is 619. The van der Waals surface area contributed by atoms with Crippen LogP contribution < -0.4 is 0 Å². The molecule has 1 aromatic carbocycles. The monoisotopic (exact) mass is 331 g/mol. The molecule has 0 N–H and O–H groups in total. The average molecular weight is 331 g/mol. The average Bonchev–Trinajstić information content (AvgIpc) is 2.62. The number of rotatable bonds is 2. The maximum absolute atomic E-state index is 14.1. The summed E-state index contributed by atoms with van der Waals surface area (Å²) in [6.45, 7) is 8.76. The molecule has 4 saturated heterocycles. The van der Waals surface area contributed by atoms with Crippen LogP contribution in [-0.4, -0.2) is 72.5 Å². The van der Waals surface area contributed by atoms with Crippen LogP contribution in [0.5, 0.6) is 0 Å². The molecule has 1 atom stereocenters. The number of aryl methyl sites for hydroxylation is 1. The normalized spacial score (nSPS) is 30.6. The summed E-state index contributed by atoms with van der Waals surface area (Å²) in [6, 6.07) is 5.52. The van der Waals surface area contributed by atoms with Gasteiger partial charge in [-0.3, -0.25) is 9.69 Å². The molecule has 4 aliphatic rings. The standard InChI is InChI=1S/C19H26FN3O/c1-14-2-3-16(17(20)12-14)19(24)23-10-8-22(9-11-23)18-13-21-6-4-15(18)5-7-21/h2-3,12,15,18H,4-11,13H2,1H3/t18-/m0/s1. The van der Waals surface area contributed by atoms with Gasteiger partial charge in [-0.25, -0.2) is 4.39 Å². The van der Waals surface area contributed by atoms with Crippen molar-refractivity contribution in [1.82, 2.24) is 14.7 Å². The van der Waals surface area contributed by atoms with Crippen LogP contribution in [0.1, 0.15) is 28.8 Å². The Hall–Kier alpha value is -1.46. The minimum absolute atomic E-state index is 0.166. The lowest BCUT2D eigenvalue weighted by Gasteiger charge is -2.51. The van der Waals surface area contributed by atoms with E-state index in [1.165, 1.54) is 38.5 Å². The van der Waals surface area contributed by atoms with E-state index in [4.69, 9.17) is 0 Å². The Balaban J connectivity index is 1.38. The molecule has 5 heteroatoms. The largest absolute Gasteiger partial charge is 0.336 e. The van der Waals surface area contributed by atoms with Crippen molar-refractivity contribution in [2.24, 2.45) is 5.92 Å². The number of carbonyl (C=O) groups excluding carboxylic acids is 1. The molecule has 1 amide bonds. The second-order valence-corrected chi connectivity index (χ2v) is 7.52. The molecule has 1 aromatic rings. The summed E-state index contributed by atoms with van der Waals surface area (Å²) in [5.74, 6) is 0.257. The van der Waals surface area contributed by atoms with Gasteiger partial charge in [0.2, 0.25) is 0 Å². The van der Waals surface area contributed by atoms with Crippen LogP contribution in [0.25, 0.3) is 0 Å².